The van der Waals surface area contributed by atoms with E-state index in [1.807, 2.05) is 20.8 Å². The van der Waals surface area contributed by atoms with E-state index in [0.29, 0.717) is 31.9 Å². The van der Waals surface area contributed by atoms with Crippen LogP contribution in [0.1, 0.15) is 53.9 Å². The summed E-state index contributed by atoms with van der Waals surface area (Å²) in [5, 5.41) is 2.81. The first-order chi connectivity index (χ1) is 8.23. The third-order valence-electron chi connectivity index (χ3n) is 2.48. The van der Waals surface area contributed by atoms with Gasteiger partial charge in [-0.2, -0.15) is 0 Å². The molecule has 1 N–H and O–H groups in total. The van der Waals surface area contributed by atoms with Gasteiger partial charge < -0.3 is 10.1 Å². The number of carbonyl (C=O) groups is 2. The lowest BCUT2D eigenvalue weighted by molar-refractivity contribution is -0.144. The topological polar surface area (TPSA) is 55.4 Å². The molecule has 18 heavy (non-hydrogen) atoms. The summed E-state index contributed by atoms with van der Waals surface area (Å²) in [6.07, 6.45) is 1.89. The van der Waals surface area contributed by atoms with Crippen molar-refractivity contribution in [1.29, 1.82) is 0 Å². The standard InChI is InChI=1S/C14H27NO3/c1-11(2)8-10-18-12(16)7-6-9-15-13(17)14(3,4)5/h11H,6-10H2,1-5H3,(H,15,17). The Morgan fingerprint density at radius 2 is 1.83 bits per heavy atom. The number of hydrogen-bond acceptors (Lipinski definition) is 3. The summed E-state index contributed by atoms with van der Waals surface area (Å²) in [6, 6.07) is 0. The lowest BCUT2D eigenvalue weighted by atomic mass is 9.96. The SMILES string of the molecule is CC(C)CCOC(=O)CCCNC(=O)C(C)(C)C. The molecule has 106 valence electrons. The molecular weight excluding hydrogens is 230 g/mol. The number of rotatable bonds is 7. The molecule has 0 aliphatic carbocycles. The Hall–Kier alpha value is -1.06. The summed E-state index contributed by atoms with van der Waals surface area (Å²) in [4.78, 5) is 22.9. The smallest absolute Gasteiger partial charge is 0.305 e. The number of nitrogens with one attached hydrogen (secondary N) is 1. The van der Waals surface area contributed by atoms with Crippen molar-refractivity contribution in [3.8, 4) is 0 Å². The van der Waals surface area contributed by atoms with Crippen LogP contribution in [-0.2, 0) is 14.3 Å². The fourth-order valence-corrected chi connectivity index (χ4v) is 1.18. The number of ether oxygens (including phenoxy) is 1. The van der Waals surface area contributed by atoms with Gasteiger partial charge in [0.15, 0.2) is 0 Å². The molecule has 4 heteroatoms. The van der Waals surface area contributed by atoms with Crippen LogP contribution in [0.5, 0.6) is 0 Å². The first-order valence-corrected chi connectivity index (χ1v) is 6.67. The quantitative estimate of drug-likeness (QED) is 0.563. The first kappa shape index (κ1) is 16.9. The van der Waals surface area contributed by atoms with Gasteiger partial charge in [0.1, 0.15) is 0 Å². The van der Waals surface area contributed by atoms with Crippen LogP contribution in [0, 0.1) is 11.3 Å². The van der Waals surface area contributed by atoms with Gasteiger partial charge in [0.2, 0.25) is 5.91 Å². The second kappa shape index (κ2) is 8.11. The van der Waals surface area contributed by atoms with Gasteiger partial charge in [0, 0.05) is 18.4 Å². The van der Waals surface area contributed by atoms with E-state index in [0.717, 1.165) is 6.42 Å². The number of hydrogen-bond donors (Lipinski definition) is 1. The van der Waals surface area contributed by atoms with Gasteiger partial charge in [0.05, 0.1) is 6.61 Å². The third-order valence-corrected chi connectivity index (χ3v) is 2.48. The lowest BCUT2D eigenvalue weighted by Crippen LogP contribution is -2.35. The molecule has 0 fully saturated rings. The summed E-state index contributed by atoms with van der Waals surface area (Å²) in [5.41, 5.74) is -0.377. The average Bonchev–Trinajstić information content (AvgIpc) is 2.22. The van der Waals surface area contributed by atoms with Gasteiger partial charge in [-0.15, -0.1) is 0 Å². The van der Waals surface area contributed by atoms with Crippen LogP contribution in [-0.4, -0.2) is 25.0 Å². The number of carbonyl (C=O) groups excluding carboxylic acids is 2. The Balaban J connectivity index is 3.55. The van der Waals surface area contributed by atoms with Gasteiger partial charge in [-0.05, 0) is 18.8 Å². The molecule has 0 bridgehead atoms. The van der Waals surface area contributed by atoms with Crippen LogP contribution in [0.2, 0.25) is 0 Å². The van der Waals surface area contributed by atoms with E-state index in [-0.39, 0.29) is 17.3 Å². The summed E-state index contributed by atoms with van der Waals surface area (Å²) in [5.74, 6) is 0.375. The highest BCUT2D eigenvalue weighted by atomic mass is 16.5. The van der Waals surface area contributed by atoms with Crippen molar-refractivity contribution >= 4 is 11.9 Å². The first-order valence-electron chi connectivity index (χ1n) is 6.67. The monoisotopic (exact) mass is 257 g/mol. The highest BCUT2D eigenvalue weighted by Gasteiger charge is 2.20. The molecular formula is C14H27NO3. The minimum Gasteiger partial charge on any atom is -0.466 e. The van der Waals surface area contributed by atoms with Gasteiger partial charge in [0.25, 0.3) is 0 Å². The number of amides is 1. The molecule has 0 unspecified atom stereocenters. The zero-order valence-electron chi connectivity index (χ0n) is 12.3. The van der Waals surface area contributed by atoms with E-state index in [1.165, 1.54) is 0 Å². The van der Waals surface area contributed by atoms with Crippen LogP contribution in [0.15, 0.2) is 0 Å². The van der Waals surface area contributed by atoms with Gasteiger partial charge in [-0.25, -0.2) is 0 Å². The molecule has 0 rings (SSSR count). The summed E-state index contributed by atoms with van der Waals surface area (Å²) >= 11 is 0. The Morgan fingerprint density at radius 1 is 1.22 bits per heavy atom. The predicted molar refractivity (Wildman–Crippen MR) is 72.1 cm³/mol. The Morgan fingerprint density at radius 3 is 2.33 bits per heavy atom. The molecule has 0 aromatic rings. The van der Waals surface area contributed by atoms with Crippen LogP contribution < -0.4 is 5.32 Å². The second-order valence-corrected chi connectivity index (χ2v) is 6.01. The minimum atomic E-state index is -0.377. The maximum absolute atomic E-state index is 11.5. The Kier molecular flexibility index (Phi) is 7.64. The predicted octanol–water partition coefficient (Wildman–Crippen LogP) is 2.52. The van der Waals surface area contributed by atoms with Crippen LogP contribution >= 0.6 is 0 Å². The normalized spacial score (nSPS) is 11.4. The zero-order valence-corrected chi connectivity index (χ0v) is 12.3. The van der Waals surface area contributed by atoms with Crippen molar-refractivity contribution < 1.29 is 14.3 Å². The largest absolute Gasteiger partial charge is 0.466 e. The molecule has 1 amide bonds. The molecule has 0 saturated carbocycles. The van der Waals surface area contributed by atoms with Crippen molar-refractivity contribution in [3.05, 3.63) is 0 Å². The van der Waals surface area contributed by atoms with Crippen molar-refractivity contribution in [2.45, 2.75) is 53.9 Å². The molecule has 0 aliphatic heterocycles. The van der Waals surface area contributed by atoms with E-state index in [1.54, 1.807) is 0 Å². The summed E-state index contributed by atoms with van der Waals surface area (Å²) < 4.78 is 5.08. The molecule has 0 heterocycles. The molecule has 0 aromatic heterocycles. The lowest BCUT2D eigenvalue weighted by Gasteiger charge is -2.17. The van der Waals surface area contributed by atoms with E-state index in [2.05, 4.69) is 19.2 Å². The fraction of sp³-hybridized carbons (Fsp3) is 0.857. The van der Waals surface area contributed by atoms with E-state index >= 15 is 0 Å². The number of esters is 1. The van der Waals surface area contributed by atoms with E-state index in [9.17, 15) is 9.59 Å². The van der Waals surface area contributed by atoms with Gasteiger partial charge >= 0.3 is 5.97 Å². The van der Waals surface area contributed by atoms with Crippen LogP contribution in [0.3, 0.4) is 0 Å². The molecule has 0 aliphatic rings. The van der Waals surface area contributed by atoms with Crippen LogP contribution in [0.25, 0.3) is 0 Å². The fourth-order valence-electron chi connectivity index (χ4n) is 1.18. The minimum absolute atomic E-state index is 0.00988. The van der Waals surface area contributed by atoms with E-state index < -0.39 is 0 Å². The molecule has 0 aromatic carbocycles. The maximum Gasteiger partial charge on any atom is 0.305 e. The van der Waals surface area contributed by atoms with Gasteiger partial charge in [-0.3, -0.25) is 9.59 Å². The molecule has 0 saturated heterocycles. The van der Waals surface area contributed by atoms with E-state index in [4.69, 9.17) is 4.74 Å². The van der Waals surface area contributed by atoms with Crippen molar-refractivity contribution in [2.24, 2.45) is 11.3 Å². The van der Waals surface area contributed by atoms with Crippen molar-refractivity contribution in [2.75, 3.05) is 13.2 Å². The second-order valence-electron chi connectivity index (χ2n) is 6.01. The summed E-state index contributed by atoms with van der Waals surface area (Å²) in [6.45, 7) is 10.8. The van der Waals surface area contributed by atoms with Crippen LogP contribution in [0.4, 0.5) is 0 Å². The Bertz CT molecular complexity index is 267. The maximum atomic E-state index is 11.5. The van der Waals surface area contributed by atoms with Crippen molar-refractivity contribution in [1.82, 2.24) is 5.32 Å². The average molecular weight is 257 g/mol. The molecule has 0 spiro atoms. The van der Waals surface area contributed by atoms with Crippen molar-refractivity contribution in [3.63, 3.8) is 0 Å². The zero-order chi connectivity index (χ0) is 14.2. The third kappa shape index (κ3) is 9.02. The molecule has 0 atom stereocenters. The Labute approximate surface area is 110 Å². The van der Waals surface area contributed by atoms with Gasteiger partial charge in [-0.1, -0.05) is 34.6 Å². The highest BCUT2D eigenvalue weighted by molar-refractivity contribution is 5.81. The highest BCUT2D eigenvalue weighted by Crippen LogP contribution is 2.12. The molecule has 4 nitrogen and oxygen atoms in total. The molecule has 0 radical (unpaired) electrons. The summed E-state index contributed by atoms with van der Waals surface area (Å²) in [7, 11) is 0.